The van der Waals surface area contributed by atoms with Gasteiger partial charge in [0.15, 0.2) is 0 Å². The number of aliphatic hydroxyl groups excluding tert-OH is 1. The fourth-order valence-electron chi connectivity index (χ4n) is 2.95. The molecule has 0 saturated heterocycles. The van der Waals surface area contributed by atoms with Gasteiger partial charge in [0, 0.05) is 6.42 Å². The van der Waals surface area contributed by atoms with Gasteiger partial charge in [0.25, 0.3) is 0 Å². The van der Waals surface area contributed by atoms with E-state index in [0.29, 0.717) is 17.9 Å². The van der Waals surface area contributed by atoms with Crippen LogP contribution in [0.1, 0.15) is 22.7 Å². The van der Waals surface area contributed by atoms with Gasteiger partial charge in [-0.1, -0.05) is 30.3 Å². The molecule has 120 valence electrons. The topological polar surface area (TPSA) is 70.6 Å². The SMILES string of the molecule is COc1cc(C)ccc1NC(=O)N[C@@H]1c2ccccc2C[C@@H]1O. The summed E-state index contributed by atoms with van der Waals surface area (Å²) in [6, 6.07) is 12.5. The molecule has 0 heterocycles. The van der Waals surface area contributed by atoms with Crippen LogP contribution >= 0.6 is 0 Å². The number of carbonyl (C=O) groups excluding carboxylic acids is 1. The van der Waals surface area contributed by atoms with Crippen molar-refractivity contribution in [3.8, 4) is 5.75 Å². The maximum Gasteiger partial charge on any atom is 0.319 e. The van der Waals surface area contributed by atoms with E-state index in [4.69, 9.17) is 4.74 Å². The van der Waals surface area contributed by atoms with Gasteiger partial charge < -0.3 is 20.5 Å². The number of hydrogen-bond acceptors (Lipinski definition) is 3. The van der Waals surface area contributed by atoms with Crippen molar-refractivity contribution in [3.05, 3.63) is 59.2 Å². The second-order valence-electron chi connectivity index (χ2n) is 5.75. The van der Waals surface area contributed by atoms with Gasteiger partial charge in [0.1, 0.15) is 5.75 Å². The molecule has 2 aromatic carbocycles. The molecule has 0 spiro atoms. The number of nitrogens with one attached hydrogen (secondary N) is 2. The van der Waals surface area contributed by atoms with E-state index in [2.05, 4.69) is 10.6 Å². The van der Waals surface area contributed by atoms with Gasteiger partial charge in [-0.25, -0.2) is 4.79 Å². The molecule has 0 unspecified atom stereocenters. The van der Waals surface area contributed by atoms with E-state index in [1.807, 2.05) is 43.3 Å². The Kier molecular flexibility index (Phi) is 4.21. The fourth-order valence-corrected chi connectivity index (χ4v) is 2.95. The molecule has 0 saturated carbocycles. The number of fused-ring (bicyclic) bond motifs is 1. The van der Waals surface area contributed by atoms with E-state index in [9.17, 15) is 9.90 Å². The van der Waals surface area contributed by atoms with Gasteiger partial charge in [-0.3, -0.25) is 0 Å². The van der Waals surface area contributed by atoms with Crippen LogP contribution in [0.4, 0.5) is 10.5 Å². The van der Waals surface area contributed by atoms with Gasteiger partial charge in [-0.2, -0.15) is 0 Å². The largest absolute Gasteiger partial charge is 0.495 e. The molecular weight excluding hydrogens is 292 g/mol. The molecule has 0 radical (unpaired) electrons. The van der Waals surface area contributed by atoms with Gasteiger partial charge in [-0.15, -0.1) is 0 Å². The Morgan fingerprint density at radius 2 is 2.04 bits per heavy atom. The van der Waals surface area contributed by atoms with Crippen molar-refractivity contribution in [2.24, 2.45) is 0 Å². The first kappa shape index (κ1) is 15.4. The maximum atomic E-state index is 12.3. The molecule has 0 bridgehead atoms. The Morgan fingerprint density at radius 1 is 1.26 bits per heavy atom. The number of aryl methyl sites for hydroxylation is 1. The monoisotopic (exact) mass is 312 g/mol. The summed E-state index contributed by atoms with van der Waals surface area (Å²) in [5.74, 6) is 0.604. The summed E-state index contributed by atoms with van der Waals surface area (Å²) < 4.78 is 5.28. The third kappa shape index (κ3) is 3.14. The molecule has 0 aliphatic heterocycles. The zero-order valence-electron chi connectivity index (χ0n) is 13.2. The Morgan fingerprint density at radius 3 is 2.83 bits per heavy atom. The van der Waals surface area contributed by atoms with Crippen LogP contribution in [0, 0.1) is 6.92 Å². The number of ether oxygens (including phenoxy) is 1. The highest BCUT2D eigenvalue weighted by Crippen LogP contribution is 2.31. The first-order chi connectivity index (χ1) is 11.1. The van der Waals surface area contributed by atoms with Crippen LogP contribution in [0.3, 0.4) is 0 Å². The number of benzene rings is 2. The Hall–Kier alpha value is -2.53. The van der Waals surface area contributed by atoms with Gasteiger partial charge in [0.05, 0.1) is 24.9 Å². The summed E-state index contributed by atoms with van der Waals surface area (Å²) >= 11 is 0. The molecule has 0 aromatic heterocycles. The molecule has 1 aliphatic carbocycles. The number of carbonyl (C=O) groups is 1. The third-order valence-electron chi connectivity index (χ3n) is 4.10. The zero-order chi connectivity index (χ0) is 16.4. The van der Waals surface area contributed by atoms with E-state index < -0.39 is 12.1 Å². The summed E-state index contributed by atoms with van der Waals surface area (Å²) in [5.41, 5.74) is 3.67. The molecular formula is C18H20N2O3. The second kappa shape index (κ2) is 6.30. The van der Waals surface area contributed by atoms with E-state index in [-0.39, 0.29) is 6.03 Å². The summed E-state index contributed by atoms with van der Waals surface area (Å²) in [7, 11) is 1.56. The zero-order valence-corrected chi connectivity index (χ0v) is 13.2. The molecule has 2 aromatic rings. The lowest BCUT2D eigenvalue weighted by molar-refractivity contribution is 0.144. The average Bonchev–Trinajstić information content (AvgIpc) is 2.85. The van der Waals surface area contributed by atoms with Crippen LogP contribution in [0.2, 0.25) is 0 Å². The van der Waals surface area contributed by atoms with E-state index >= 15 is 0 Å². The molecule has 1 aliphatic rings. The van der Waals surface area contributed by atoms with Crippen LogP contribution < -0.4 is 15.4 Å². The van der Waals surface area contributed by atoms with Crippen molar-refractivity contribution < 1.29 is 14.6 Å². The number of aliphatic hydroxyl groups is 1. The van der Waals surface area contributed by atoms with Crippen molar-refractivity contribution in [3.63, 3.8) is 0 Å². The minimum absolute atomic E-state index is 0.368. The Labute approximate surface area is 135 Å². The number of rotatable bonds is 3. The second-order valence-corrected chi connectivity index (χ2v) is 5.75. The average molecular weight is 312 g/mol. The molecule has 2 atom stereocenters. The highest BCUT2D eigenvalue weighted by atomic mass is 16.5. The number of methoxy groups -OCH3 is 1. The van der Waals surface area contributed by atoms with Crippen LogP contribution in [-0.4, -0.2) is 24.4 Å². The lowest BCUT2D eigenvalue weighted by Gasteiger charge is -2.19. The van der Waals surface area contributed by atoms with E-state index in [1.165, 1.54) is 0 Å². The number of hydrogen-bond donors (Lipinski definition) is 3. The van der Waals surface area contributed by atoms with Gasteiger partial charge in [-0.05, 0) is 35.7 Å². The molecule has 0 fully saturated rings. The van der Waals surface area contributed by atoms with Crippen molar-refractivity contribution >= 4 is 11.7 Å². The summed E-state index contributed by atoms with van der Waals surface area (Å²) in [6.45, 7) is 1.96. The van der Waals surface area contributed by atoms with Gasteiger partial charge >= 0.3 is 6.03 Å². The van der Waals surface area contributed by atoms with Crippen molar-refractivity contribution in [2.45, 2.75) is 25.5 Å². The predicted octanol–water partition coefficient (Wildman–Crippen LogP) is 2.78. The first-order valence-electron chi connectivity index (χ1n) is 7.56. The maximum absolute atomic E-state index is 12.3. The molecule has 2 amide bonds. The normalized spacial score (nSPS) is 19.1. The summed E-state index contributed by atoms with van der Waals surface area (Å²) in [5, 5.41) is 15.8. The van der Waals surface area contributed by atoms with E-state index in [0.717, 1.165) is 16.7 Å². The Bertz CT molecular complexity index is 730. The predicted molar refractivity (Wildman–Crippen MR) is 88.8 cm³/mol. The minimum Gasteiger partial charge on any atom is -0.495 e. The lowest BCUT2D eigenvalue weighted by Crippen LogP contribution is -2.36. The highest BCUT2D eigenvalue weighted by molar-refractivity contribution is 5.91. The first-order valence-corrected chi connectivity index (χ1v) is 7.56. The van der Waals surface area contributed by atoms with E-state index in [1.54, 1.807) is 13.2 Å². The fraction of sp³-hybridized carbons (Fsp3) is 0.278. The minimum atomic E-state index is -0.613. The van der Waals surface area contributed by atoms with Crippen LogP contribution in [0.5, 0.6) is 5.75 Å². The van der Waals surface area contributed by atoms with Gasteiger partial charge in [0.2, 0.25) is 0 Å². The summed E-state index contributed by atoms with van der Waals surface area (Å²) in [4.78, 5) is 12.3. The molecule has 3 rings (SSSR count). The molecule has 23 heavy (non-hydrogen) atoms. The lowest BCUT2D eigenvalue weighted by atomic mass is 10.1. The number of urea groups is 1. The van der Waals surface area contributed by atoms with Crippen LogP contribution in [0.15, 0.2) is 42.5 Å². The van der Waals surface area contributed by atoms with Crippen molar-refractivity contribution in [1.29, 1.82) is 0 Å². The van der Waals surface area contributed by atoms with Crippen LogP contribution in [-0.2, 0) is 6.42 Å². The van der Waals surface area contributed by atoms with Crippen LogP contribution in [0.25, 0.3) is 0 Å². The summed E-state index contributed by atoms with van der Waals surface area (Å²) in [6.07, 6.45) is -0.0623. The van der Waals surface area contributed by atoms with Crippen molar-refractivity contribution in [1.82, 2.24) is 5.32 Å². The highest BCUT2D eigenvalue weighted by Gasteiger charge is 2.31. The smallest absolute Gasteiger partial charge is 0.319 e. The number of anilines is 1. The molecule has 3 N–H and O–H groups in total. The molecule has 5 nitrogen and oxygen atoms in total. The van der Waals surface area contributed by atoms with Crippen molar-refractivity contribution in [2.75, 3.05) is 12.4 Å². The standard InChI is InChI=1S/C18H20N2O3/c1-11-7-8-14(16(9-11)23-2)19-18(22)20-17-13-6-4-3-5-12(13)10-15(17)21/h3-9,15,17,21H,10H2,1-2H3,(H2,19,20,22)/t15-,17+/m0/s1. The Balaban J connectivity index is 1.73. The third-order valence-corrected chi connectivity index (χ3v) is 4.10. The quantitative estimate of drug-likeness (QED) is 0.816. The molecule has 5 heteroatoms. The number of amides is 2.